The fraction of sp³-hybridized carbons (Fsp3) is 0.421. The first-order valence-electron chi connectivity index (χ1n) is 9.18. The molecule has 0 aromatic heterocycles. The van der Waals surface area contributed by atoms with E-state index in [1.165, 1.54) is 27.7 Å². The fourth-order valence-corrected chi connectivity index (χ4v) is 5.93. The number of piperidine rings is 1. The number of aliphatic carboxylic acids is 2. The van der Waals surface area contributed by atoms with Crippen molar-refractivity contribution in [3.8, 4) is 0 Å². The number of nitrogens with one attached hydrogen (secondary N) is 1. The monoisotopic (exact) mass is 473 g/mol. The highest BCUT2D eigenvalue weighted by molar-refractivity contribution is 8.77. The summed E-state index contributed by atoms with van der Waals surface area (Å²) >= 11 is 6.24. The molecule has 1 saturated heterocycles. The van der Waals surface area contributed by atoms with Crippen LogP contribution in [0.2, 0.25) is 5.02 Å². The molecule has 30 heavy (non-hydrogen) atoms. The molecule has 2 atom stereocenters. The normalized spacial score (nSPS) is 19.4. The van der Waals surface area contributed by atoms with Crippen LogP contribution in [0.25, 0.3) is 0 Å². The van der Waals surface area contributed by atoms with Crippen LogP contribution in [0.5, 0.6) is 0 Å². The topological polar surface area (TPSA) is 133 Å². The summed E-state index contributed by atoms with van der Waals surface area (Å²) in [5.41, 5.74) is 7.57. The van der Waals surface area contributed by atoms with E-state index in [9.17, 15) is 19.5 Å². The van der Waals surface area contributed by atoms with E-state index in [4.69, 9.17) is 22.4 Å². The minimum Gasteiger partial charge on any atom is -0.480 e. The maximum Gasteiger partial charge on any atom is 0.328 e. The summed E-state index contributed by atoms with van der Waals surface area (Å²) in [7, 11) is 2.86. The molecule has 0 saturated carbocycles. The zero-order chi connectivity index (χ0) is 22.1. The Labute approximate surface area is 187 Å². The first-order valence-corrected chi connectivity index (χ1v) is 11.9. The maximum atomic E-state index is 11.8. The van der Waals surface area contributed by atoms with Gasteiger partial charge in [-0.25, -0.2) is 4.79 Å². The number of amides is 1. The molecule has 1 aromatic carbocycles. The summed E-state index contributed by atoms with van der Waals surface area (Å²) in [5, 5.41) is 20.8. The van der Waals surface area contributed by atoms with Gasteiger partial charge in [-0.1, -0.05) is 51.4 Å². The summed E-state index contributed by atoms with van der Waals surface area (Å²) in [4.78, 5) is 35.7. The Hall–Kier alpha value is -1.72. The van der Waals surface area contributed by atoms with E-state index in [1.807, 2.05) is 24.3 Å². The highest BCUT2D eigenvalue weighted by atomic mass is 35.5. The van der Waals surface area contributed by atoms with Crippen LogP contribution < -0.4 is 11.1 Å². The van der Waals surface area contributed by atoms with Gasteiger partial charge in [0, 0.05) is 41.7 Å². The number of carbonyl (C=O) groups excluding carboxylic acids is 1. The smallest absolute Gasteiger partial charge is 0.328 e. The van der Waals surface area contributed by atoms with Crippen LogP contribution in [-0.2, 0) is 20.9 Å². The lowest BCUT2D eigenvalue weighted by molar-refractivity contribution is -0.138. The summed E-state index contributed by atoms with van der Waals surface area (Å²) in [6.45, 7) is 1.46. The highest BCUT2D eigenvalue weighted by Crippen LogP contribution is 2.36. The quantitative estimate of drug-likeness (QED) is 0.296. The third kappa shape index (κ3) is 8.19. The third-order valence-electron chi connectivity index (χ3n) is 4.37. The van der Waals surface area contributed by atoms with Crippen molar-refractivity contribution in [1.82, 2.24) is 10.2 Å². The second kappa shape index (κ2) is 12.2. The van der Waals surface area contributed by atoms with Crippen molar-refractivity contribution in [3.63, 3.8) is 0 Å². The van der Waals surface area contributed by atoms with Gasteiger partial charge in [0.1, 0.15) is 6.54 Å². The number of nitrogens with zero attached hydrogens (tertiary/aromatic N) is 1. The molecule has 1 aromatic rings. The first kappa shape index (κ1) is 24.5. The molecule has 164 valence electrons. The molecule has 8 nitrogen and oxygen atoms in total. The fourth-order valence-electron chi connectivity index (χ4n) is 2.90. The molecular weight excluding hydrogens is 450 g/mol. The number of rotatable bonds is 10. The number of hydrogen-bond donors (Lipinski definition) is 4. The average molecular weight is 474 g/mol. The van der Waals surface area contributed by atoms with Crippen molar-refractivity contribution in [2.45, 2.75) is 24.3 Å². The Morgan fingerprint density at radius 2 is 2.07 bits per heavy atom. The molecule has 1 fully saturated rings. The van der Waals surface area contributed by atoms with Gasteiger partial charge in [-0.3, -0.25) is 14.5 Å². The molecule has 0 bridgehead atoms. The Balaban J connectivity index is 1.89. The molecule has 2 rings (SSSR count). The highest BCUT2D eigenvalue weighted by Gasteiger charge is 2.26. The van der Waals surface area contributed by atoms with Gasteiger partial charge in [0.05, 0.1) is 6.04 Å². The van der Waals surface area contributed by atoms with Crippen LogP contribution in [0.4, 0.5) is 0 Å². The average Bonchev–Trinajstić information content (AvgIpc) is 2.68. The van der Waals surface area contributed by atoms with Gasteiger partial charge >= 0.3 is 11.9 Å². The molecule has 1 amide bonds. The standard InChI is InChI=1S/C19H24ClN3O5S2/c20-14-4-2-1-3-12(14)9-23-6-5-16(13(10-23)7-17(24)25)30-29-11-15(21)19(28)22-8-18(26)27/h1-4,7,15-16H,5-6,8-11,21H2,(H,22,28)(H,24,25)(H,26,27)/b13-7-. The van der Waals surface area contributed by atoms with E-state index < -0.39 is 30.4 Å². The molecule has 0 aliphatic carbocycles. The molecule has 2 unspecified atom stereocenters. The van der Waals surface area contributed by atoms with Gasteiger partial charge in [0.25, 0.3) is 0 Å². The predicted molar refractivity (Wildman–Crippen MR) is 120 cm³/mol. The summed E-state index contributed by atoms with van der Waals surface area (Å²) in [6, 6.07) is 6.74. The molecule has 1 aliphatic heterocycles. The van der Waals surface area contributed by atoms with Gasteiger partial charge in [-0.15, -0.1) is 0 Å². The van der Waals surface area contributed by atoms with E-state index in [0.717, 1.165) is 24.1 Å². The second-order valence-electron chi connectivity index (χ2n) is 6.74. The van der Waals surface area contributed by atoms with Crippen molar-refractivity contribution < 1.29 is 24.6 Å². The number of halogens is 1. The SMILES string of the molecule is NC(CSSC1CCN(Cc2ccccc2Cl)C/C1=C/C(=O)O)C(=O)NCC(=O)O. The summed E-state index contributed by atoms with van der Waals surface area (Å²) in [6.07, 6.45) is 2.00. The summed E-state index contributed by atoms with van der Waals surface area (Å²) in [5.74, 6) is -2.37. The Kier molecular flexibility index (Phi) is 9.99. The van der Waals surface area contributed by atoms with Crippen molar-refractivity contribution in [3.05, 3.63) is 46.5 Å². The van der Waals surface area contributed by atoms with Crippen molar-refractivity contribution in [2.24, 2.45) is 5.73 Å². The third-order valence-corrected chi connectivity index (χ3v) is 7.65. The first-order chi connectivity index (χ1) is 14.3. The van der Waals surface area contributed by atoms with Crippen LogP contribution >= 0.6 is 33.2 Å². The number of carboxylic acid groups (broad SMARTS) is 2. The minimum absolute atomic E-state index is 0.0112. The van der Waals surface area contributed by atoms with E-state index in [1.54, 1.807) is 0 Å². The molecule has 11 heteroatoms. The van der Waals surface area contributed by atoms with Crippen LogP contribution in [-0.4, -0.2) is 69.6 Å². The van der Waals surface area contributed by atoms with Gasteiger partial charge in [-0.2, -0.15) is 0 Å². The van der Waals surface area contributed by atoms with Crippen LogP contribution in [0, 0.1) is 0 Å². The zero-order valence-corrected chi connectivity index (χ0v) is 18.5. The van der Waals surface area contributed by atoms with Gasteiger partial charge in [-0.05, 0) is 23.6 Å². The molecular formula is C19H24ClN3O5S2. The Morgan fingerprint density at radius 1 is 1.33 bits per heavy atom. The molecule has 0 spiro atoms. The zero-order valence-electron chi connectivity index (χ0n) is 16.1. The molecule has 0 radical (unpaired) electrons. The minimum atomic E-state index is -1.13. The lowest BCUT2D eigenvalue weighted by atomic mass is 10.0. The van der Waals surface area contributed by atoms with E-state index in [0.29, 0.717) is 18.1 Å². The number of carboxylic acids is 2. The van der Waals surface area contributed by atoms with E-state index in [-0.39, 0.29) is 11.0 Å². The number of likely N-dealkylation sites (tertiary alicyclic amines) is 1. The number of hydrogen-bond acceptors (Lipinski definition) is 7. The van der Waals surface area contributed by atoms with E-state index >= 15 is 0 Å². The lowest BCUT2D eigenvalue weighted by Gasteiger charge is -2.34. The molecule has 5 N–H and O–H groups in total. The van der Waals surface area contributed by atoms with Crippen molar-refractivity contribution in [1.29, 1.82) is 0 Å². The van der Waals surface area contributed by atoms with Crippen molar-refractivity contribution in [2.75, 3.05) is 25.4 Å². The van der Waals surface area contributed by atoms with Crippen LogP contribution in [0.1, 0.15) is 12.0 Å². The van der Waals surface area contributed by atoms with E-state index in [2.05, 4.69) is 10.2 Å². The number of nitrogens with two attached hydrogens (primary N) is 1. The largest absolute Gasteiger partial charge is 0.480 e. The van der Waals surface area contributed by atoms with Gasteiger partial charge in [0.15, 0.2) is 0 Å². The summed E-state index contributed by atoms with van der Waals surface area (Å²) < 4.78 is 0. The number of carbonyl (C=O) groups is 3. The molecule has 1 heterocycles. The molecule has 1 aliphatic rings. The number of benzene rings is 1. The van der Waals surface area contributed by atoms with Crippen LogP contribution in [0.15, 0.2) is 35.9 Å². The van der Waals surface area contributed by atoms with Gasteiger partial charge < -0.3 is 21.3 Å². The van der Waals surface area contributed by atoms with Gasteiger partial charge in [0.2, 0.25) is 5.91 Å². The predicted octanol–water partition coefficient (Wildman–Crippen LogP) is 1.83. The second-order valence-corrected chi connectivity index (χ2v) is 9.76. The van der Waals surface area contributed by atoms with Crippen LogP contribution in [0.3, 0.4) is 0 Å². The Bertz CT molecular complexity index is 808. The lowest BCUT2D eigenvalue weighted by Crippen LogP contribution is -2.44. The van der Waals surface area contributed by atoms with Crippen molar-refractivity contribution >= 4 is 51.0 Å². The maximum absolute atomic E-state index is 11.8. The Morgan fingerprint density at radius 3 is 2.73 bits per heavy atom.